The summed E-state index contributed by atoms with van der Waals surface area (Å²) in [6.45, 7) is 5.60. The molecule has 1 saturated heterocycles. The number of ether oxygens (including phenoxy) is 1. The van der Waals surface area contributed by atoms with Crippen LogP contribution < -0.4 is 0 Å². The van der Waals surface area contributed by atoms with E-state index < -0.39 is 23.2 Å². The van der Waals surface area contributed by atoms with E-state index >= 15 is 0 Å². The molecule has 0 aliphatic carbocycles. The molecule has 90 valence electrons. The monoisotopic (exact) mass is 227 g/mol. The number of hydrogen-bond donors (Lipinski definition) is 0. The molecule has 0 saturated carbocycles. The smallest absolute Gasteiger partial charge is 0.326 e. The standard InChI is InChI=1S/C11H17NO4/c1-5-16-10(15)7-8(13)11(2,3)6-12(4)9(7)14/h7H,5-6H2,1-4H3. The van der Waals surface area contributed by atoms with Crippen molar-refractivity contribution < 1.29 is 19.1 Å². The number of carbonyl (C=O) groups excluding carboxylic acids is 3. The molecule has 0 bridgehead atoms. The van der Waals surface area contributed by atoms with Crippen molar-refractivity contribution in [2.75, 3.05) is 20.2 Å². The fourth-order valence-electron chi connectivity index (χ4n) is 1.91. The number of rotatable bonds is 2. The Labute approximate surface area is 94.7 Å². The second-order valence-electron chi connectivity index (χ2n) is 4.63. The van der Waals surface area contributed by atoms with Gasteiger partial charge in [-0.15, -0.1) is 0 Å². The minimum absolute atomic E-state index is 0.167. The molecule has 1 unspecified atom stereocenters. The van der Waals surface area contributed by atoms with Crippen molar-refractivity contribution in [3.8, 4) is 0 Å². The van der Waals surface area contributed by atoms with E-state index in [2.05, 4.69) is 0 Å². The highest BCUT2D eigenvalue weighted by Gasteiger charge is 2.49. The Kier molecular flexibility index (Phi) is 3.35. The molecule has 1 aliphatic rings. The molecule has 1 fully saturated rings. The van der Waals surface area contributed by atoms with Crippen LogP contribution in [0.4, 0.5) is 0 Å². The van der Waals surface area contributed by atoms with Crippen molar-refractivity contribution in [1.82, 2.24) is 4.90 Å². The Bertz CT molecular complexity index is 335. The number of carbonyl (C=O) groups is 3. The summed E-state index contributed by atoms with van der Waals surface area (Å²) in [4.78, 5) is 36.7. The highest BCUT2D eigenvalue weighted by atomic mass is 16.5. The molecule has 5 heteroatoms. The molecule has 0 radical (unpaired) electrons. The van der Waals surface area contributed by atoms with Crippen LogP contribution in [0.1, 0.15) is 20.8 Å². The molecule has 0 N–H and O–H groups in total. The molecular weight excluding hydrogens is 210 g/mol. The SMILES string of the molecule is CCOC(=O)C1C(=O)N(C)CC(C)(C)C1=O. The maximum absolute atomic E-state index is 12.0. The lowest BCUT2D eigenvalue weighted by molar-refractivity contribution is -0.165. The summed E-state index contributed by atoms with van der Waals surface area (Å²) in [6.07, 6.45) is 0. The van der Waals surface area contributed by atoms with Crippen LogP contribution in [0, 0.1) is 11.3 Å². The van der Waals surface area contributed by atoms with Gasteiger partial charge < -0.3 is 9.64 Å². The summed E-state index contributed by atoms with van der Waals surface area (Å²) in [5.41, 5.74) is -0.694. The lowest BCUT2D eigenvalue weighted by Gasteiger charge is -2.37. The Morgan fingerprint density at radius 3 is 2.56 bits per heavy atom. The zero-order chi connectivity index (χ0) is 12.5. The molecule has 0 aromatic rings. The molecular formula is C11H17NO4. The lowest BCUT2D eigenvalue weighted by Crippen LogP contribution is -2.56. The van der Waals surface area contributed by atoms with E-state index in [1.54, 1.807) is 27.8 Å². The van der Waals surface area contributed by atoms with Gasteiger partial charge in [-0.25, -0.2) is 0 Å². The van der Waals surface area contributed by atoms with Crippen LogP contribution in [-0.4, -0.2) is 42.8 Å². The van der Waals surface area contributed by atoms with Gasteiger partial charge in [-0.2, -0.15) is 0 Å². The van der Waals surface area contributed by atoms with Crippen molar-refractivity contribution in [1.29, 1.82) is 0 Å². The molecule has 0 spiro atoms. The van der Waals surface area contributed by atoms with E-state index in [4.69, 9.17) is 4.74 Å². The molecule has 1 aliphatic heterocycles. The summed E-state index contributed by atoms with van der Waals surface area (Å²) in [7, 11) is 1.59. The number of piperidine rings is 1. The number of esters is 1. The van der Waals surface area contributed by atoms with Gasteiger partial charge in [0.2, 0.25) is 5.91 Å². The molecule has 1 rings (SSSR count). The Hall–Kier alpha value is -1.39. The summed E-state index contributed by atoms with van der Waals surface area (Å²) >= 11 is 0. The fourth-order valence-corrected chi connectivity index (χ4v) is 1.91. The summed E-state index contributed by atoms with van der Waals surface area (Å²) < 4.78 is 4.76. The second kappa shape index (κ2) is 4.23. The van der Waals surface area contributed by atoms with E-state index in [9.17, 15) is 14.4 Å². The van der Waals surface area contributed by atoms with Crippen LogP contribution in [0.25, 0.3) is 0 Å². The van der Waals surface area contributed by atoms with Gasteiger partial charge in [0.05, 0.1) is 6.61 Å². The summed E-state index contributed by atoms with van der Waals surface area (Å²) in [5.74, 6) is -2.84. The first-order valence-electron chi connectivity index (χ1n) is 5.27. The van der Waals surface area contributed by atoms with E-state index in [0.717, 1.165) is 0 Å². The highest BCUT2D eigenvalue weighted by molar-refractivity contribution is 6.19. The first-order valence-corrected chi connectivity index (χ1v) is 5.27. The maximum atomic E-state index is 12.0. The molecule has 1 amide bonds. The predicted octanol–water partition coefficient (Wildman–Crippen LogP) is 0.233. The topological polar surface area (TPSA) is 63.7 Å². The third-order valence-corrected chi connectivity index (χ3v) is 2.71. The van der Waals surface area contributed by atoms with Gasteiger partial charge >= 0.3 is 5.97 Å². The number of hydrogen-bond acceptors (Lipinski definition) is 4. The van der Waals surface area contributed by atoms with Crippen LogP contribution in [0.15, 0.2) is 0 Å². The van der Waals surface area contributed by atoms with Gasteiger partial charge in [-0.1, -0.05) is 13.8 Å². The number of ketones is 1. The minimum Gasteiger partial charge on any atom is -0.465 e. The number of nitrogens with zero attached hydrogens (tertiary/aromatic N) is 1. The largest absolute Gasteiger partial charge is 0.465 e. The second-order valence-corrected chi connectivity index (χ2v) is 4.63. The van der Waals surface area contributed by atoms with E-state index in [1.807, 2.05) is 0 Å². The zero-order valence-corrected chi connectivity index (χ0v) is 10.1. The van der Waals surface area contributed by atoms with Gasteiger partial charge in [0.15, 0.2) is 11.7 Å². The van der Waals surface area contributed by atoms with E-state index in [1.165, 1.54) is 4.90 Å². The van der Waals surface area contributed by atoms with Crippen molar-refractivity contribution >= 4 is 17.7 Å². The summed E-state index contributed by atoms with van der Waals surface area (Å²) in [5, 5.41) is 0. The van der Waals surface area contributed by atoms with Crippen molar-refractivity contribution in [3.63, 3.8) is 0 Å². The van der Waals surface area contributed by atoms with Crippen molar-refractivity contribution in [2.45, 2.75) is 20.8 Å². The molecule has 16 heavy (non-hydrogen) atoms. The van der Waals surface area contributed by atoms with Crippen LogP contribution >= 0.6 is 0 Å². The summed E-state index contributed by atoms with van der Waals surface area (Å²) in [6, 6.07) is 0. The van der Waals surface area contributed by atoms with Crippen LogP contribution in [0.5, 0.6) is 0 Å². The number of likely N-dealkylation sites (tertiary alicyclic amines) is 1. The van der Waals surface area contributed by atoms with E-state index in [0.29, 0.717) is 6.54 Å². The van der Waals surface area contributed by atoms with Crippen LogP contribution in [-0.2, 0) is 19.1 Å². The maximum Gasteiger partial charge on any atom is 0.326 e. The average Bonchev–Trinajstić information content (AvgIpc) is 2.15. The normalized spacial score (nSPS) is 24.5. The minimum atomic E-state index is -1.28. The molecule has 1 heterocycles. The molecule has 1 atom stereocenters. The van der Waals surface area contributed by atoms with Crippen molar-refractivity contribution in [3.05, 3.63) is 0 Å². The van der Waals surface area contributed by atoms with Gasteiger partial charge in [-0.3, -0.25) is 14.4 Å². The number of amides is 1. The van der Waals surface area contributed by atoms with Crippen molar-refractivity contribution in [2.24, 2.45) is 11.3 Å². The van der Waals surface area contributed by atoms with E-state index in [-0.39, 0.29) is 12.4 Å². The Morgan fingerprint density at radius 1 is 1.50 bits per heavy atom. The first-order chi connectivity index (χ1) is 7.31. The third-order valence-electron chi connectivity index (χ3n) is 2.71. The predicted molar refractivity (Wildman–Crippen MR) is 56.5 cm³/mol. The molecule has 0 aromatic carbocycles. The van der Waals surface area contributed by atoms with Crippen LogP contribution in [0.3, 0.4) is 0 Å². The first kappa shape index (κ1) is 12.7. The van der Waals surface area contributed by atoms with Gasteiger partial charge in [0.25, 0.3) is 0 Å². The highest BCUT2D eigenvalue weighted by Crippen LogP contribution is 2.29. The molecule has 0 aromatic heterocycles. The third kappa shape index (κ3) is 2.08. The average molecular weight is 227 g/mol. The fraction of sp³-hybridized carbons (Fsp3) is 0.727. The Balaban J connectivity index is 2.99. The molecule has 5 nitrogen and oxygen atoms in total. The lowest BCUT2D eigenvalue weighted by atomic mass is 9.77. The van der Waals surface area contributed by atoms with Gasteiger partial charge in [-0.05, 0) is 6.92 Å². The van der Waals surface area contributed by atoms with Crippen LogP contribution in [0.2, 0.25) is 0 Å². The quantitative estimate of drug-likeness (QED) is 0.500. The Morgan fingerprint density at radius 2 is 2.06 bits per heavy atom. The number of Topliss-reactive ketones (excluding diaryl/α,β-unsaturated/α-hetero) is 1. The zero-order valence-electron chi connectivity index (χ0n) is 10.1. The van der Waals surface area contributed by atoms with Gasteiger partial charge in [0.1, 0.15) is 0 Å². The van der Waals surface area contributed by atoms with Gasteiger partial charge in [0, 0.05) is 19.0 Å².